The van der Waals surface area contributed by atoms with Crippen molar-refractivity contribution in [2.24, 2.45) is 5.84 Å². The van der Waals surface area contributed by atoms with Crippen molar-refractivity contribution < 1.29 is 0 Å². The Hall–Kier alpha value is -1.52. The van der Waals surface area contributed by atoms with Crippen LogP contribution in [0.5, 0.6) is 0 Å². The number of rotatable bonds is 9. The second-order valence-corrected chi connectivity index (χ2v) is 6.48. The zero-order valence-electron chi connectivity index (χ0n) is 14.9. The molecule has 0 saturated carbocycles. The van der Waals surface area contributed by atoms with Crippen LogP contribution in [0.2, 0.25) is 0 Å². The van der Waals surface area contributed by atoms with Crippen LogP contribution in [0.15, 0.2) is 30.0 Å². The lowest BCUT2D eigenvalue weighted by Gasteiger charge is -2.25. The molecule has 0 spiro atoms. The Morgan fingerprint density at radius 3 is 2.30 bits per heavy atom. The molecule has 0 radical (unpaired) electrons. The fraction of sp³-hybridized carbons (Fsp3) is 0.579. The average Bonchev–Trinajstić information content (AvgIpc) is 2.83. The molecule has 1 aromatic rings. The molecule has 1 heterocycles. The smallest absolute Gasteiger partial charge is 0.0803 e. The third-order valence-electron chi connectivity index (χ3n) is 4.59. The first-order chi connectivity index (χ1) is 11.1. The van der Waals surface area contributed by atoms with Gasteiger partial charge in [0.05, 0.1) is 11.4 Å². The predicted octanol–water partition coefficient (Wildman–Crippen LogP) is 4.35. The number of benzene rings is 1. The highest BCUT2D eigenvalue weighted by atomic mass is 15.9. The van der Waals surface area contributed by atoms with Crippen molar-refractivity contribution in [1.82, 2.24) is 15.7 Å². The van der Waals surface area contributed by atoms with Crippen LogP contribution in [0.3, 0.4) is 0 Å². The molecule has 1 aromatic carbocycles. The Kier molecular flexibility index (Phi) is 6.93. The topological polar surface area (TPSA) is 44.5 Å². The Bertz CT molecular complexity index is 524. The summed E-state index contributed by atoms with van der Waals surface area (Å²) in [5, 5.41) is 3.78. The van der Waals surface area contributed by atoms with E-state index in [0.29, 0.717) is 0 Å². The van der Waals surface area contributed by atoms with Crippen LogP contribution in [0.4, 0.5) is 0 Å². The molecule has 0 aliphatic carbocycles. The number of nitrogens with one attached hydrogen (secondary N) is 1. The normalized spacial score (nSPS) is 15.4. The Labute approximate surface area is 141 Å². The van der Waals surface area contributed by atoms with Gasteiger partial charge < -0.3 is 0 Å². The lowest BCUT2D eigenvalue weighted by molar-refractivity contribution is -0.00405. The molecule has 1 aliphatic rings. The molecule has 0 aromatic heterocycles. The third kappa shape index (κ3) is 4.72. The van der Waals surface area contributed by atoms with Crippen molar-refractivity contribution in [3.8, 4) is 0 Å². The average molecular weight is 316 g/mol. The van der Waals surface area contributed by atoms with Gasteiger partial charge in [-0.1, -0.05) is 69.7 Å². The van der Waals surface area contributed by atoms with E-state index in [1.807, 2.05) is 5.12 Å². The molecule has 0 unspecified atom stereocenters. The maximum atomic E-state index is 6.22. The number of hydrogen-bond donors (Lipinski definition) is 2. The Balaban J connectivity index is 1.81. The molecule has 0 amide bonds. The van der Waals surface area contributed by atoms with Crippen molar-refractivity contribution in [3.63, 3.8) is 0 Å². The maximum absolute atomic E-state index is 6.22. The van der Waals surface area contributed by atoms with E-state index in [9.17, 15) is 0 Å². The van der Waals surface area contributed by atoms with Gasteiger partial charge in [0.15, 0.2) is 0 Å². The van der Waals surface area contributed by atoms with Crippen molar-refractivity contribution in [2.45, 2.75) is 65.7 Å². The Morgan fingerprint density at radius 2 is 1.61 bits per heavy atom. The number of nitrogens with two attached hydrogens (primary N) is 1. The summed E-state index contributed by atoms with van der Waals surface area (Å²) in [4.78, 5) is 0. The summed E-state index contributed by atoms with van der Waals surface area (Å²) in [6.07, 6.45) is 9.18. The largest absolute Gasteiger partial charge is 0.298 e. The molecular formula is C19H32N4. The minimum atomic E-state index is 0.941. The molecule has 0 saturated heterocycles. The molecule has 128 valence electrons. The van der Waals surface area contributed by atoms with E-state index < -0.39 is 0 Å². The zero-order valence-corrected chi connectivity index (χ0v) is 14.9. The fourth-order valence-corrected chi connectivity index (χ4v) is 3.05. The van der Waals surface area contributed by atoms with E-state index in [1.165, 1.54) is 56.1 Å². The molecule has 0 atom stereocenters. The van der Waals surface area contributed by atoms with E-state index in [2.05, 4.69) is 50.5 Å². The predicted molar refractivity (Wildman–Crippen MR) is 97.6 cm³/mol. The van der Waals surface area contributed by atoms with Gasteiger partial charge in [-0.05, 0) is 25.8 Å². The standard InChI is InChI=1S/C19H32N4/c1-4-5-6-7-8-9-12-15-22-21-19(17(3)23(22)20)18-14-11-10-13-16(18)2/h10-11,13-14,21H,4-9,12,15,20H2,1-3H3. The Morgan fingerprint density at radius 1 is 0.957 bits per heavy atom. The summed E-state index contributed by atoms with van der Waals surface area (Å²) in [6.45, 7) is 7.41. The van der Waals surface area contributed by atoms with Gasteiger partial charge in [0.2, 0.25) is 0 Å². The minimum Gasteiger partial charge on any atom is -0.298 e. The highest BCUT2D eigenvalue weighted by Gasteiger charge is 2.25. The molecule has 1 aliphatic heterocycles. The quantitative estimate of drug-likeness (QED) is 0.525. The highest BCUT2D eigenvalue weighted by Crippen LogP contribution is 2.26. The fourth-order valence-electron chi connectivity index (χ4n) is 3.05. The van der Waals surface area contributed by atoms with Crippen LogP contribution in [0, 0.1) is 6.92 Å². The monoisotopic (exact) mass is 316 g/mol. The number of unbranched alkanes of at least 4 members (excludes halogenated alkanes) is 6. The summed E-state index contributed by atoms with van der Waals surface area (Å²) >= 11 is 0. The van der Waals surface area contributed by atoms with E-state index >= 15 is 0 Å². The number of nitrogens with zero attached hydrogens (tertiary/aromatic N) is 2. The van der Waals surface area contributed by atoms with Crippen LogP contribution in [0.1, 0.15) is 69.9 Å². The van der Waals surface area contributed by atoms with Gasteiger partial charge >= 0.3 is 0 Å². The summed E-state index contributed by atoms with van der Waals surface area (Å²) in [5.41, 5.74) is 8.15. The number of aryl methyl sites for hydroxylation is 1. The molecule has 23 heavy (non-hydrogen) atoms. The van der Waals surface area contributed by atoms with Gasteiger partial charge in [0.1, 0.15) is 0 Å². The first-order valence-electron chi connectivity index (χ1n) is 9.01. The number of allylic oxidation sites excluding steroid dienone is 1. The molecule has 3 N–H and O–H groups in total. The van der Waals surface area contributed by atoms with Crippen molar-refractivity contribution in [1.29, 1.82) is 0 Å². The summed E-state index contributed by atoms with van der Waals surface area (Å²) in [7, 11) is 0. The van der Waals surface area contributed by atoms with Crippen molar-refractivity contribution in [3.05, 3.63) is 41.1 Å². The van der Waals surface area contributed by atoms with Crippen LogP contribution in [0.25, 0.3) is 5.70 Å². The third-order valence-corrected chi connectivity index (χ3v) is 4.59. The van der Waals surface area contributed by atoms with Gasteiger partial charge in [-0.15, -0.1) is 5.12 Å². The van der Waals surface area contributed by atoms with E-state index in [4.69, 9.17) is 5.84 Å². The van der Waals surface area contributed by atoms with Crippen LogP contribution < -0.4 is 11.3 Å². The lowest BCUT2D eigenvalue weighted by atomic mass is 10.1. The highest BCUT2D eigenvalue weighted by molar-refractivity contribution is 5.69. The van der Waals surface area contributed by atoms with Crippen molar-refractivity contribution in [2.75, 3.05) is 6.54 Å². The number of hydrazine groups is 3. The molecule has 4 nitrogen and oxygen atoms in total. The van der Waals surface area contributed by atoms with Crippen LogP contribution >= 0.6 is 0 Å². The molecule has 0 fully saturated rings. The van der Waals surface area contributed by atoms with Gasteiger partial charge in [0.25, 0.3) is 0 Å². The van der Waals surface area contributed by atoms with E-state index in [0.717, 1.165) is 17.9 Å². The zero-order chi connectivity index (χ0) is 16.7. The first kappa shape index (κ1) is 17.8. The van der Waals surface area contributed by atoms with Gasteiger partial charge in [0, 0.05) is 12.1 Å². The first-order valence-corrected chi connectivity index (χ1v) is 9.01. The second kappa shape index (κ2) is 8.94. The van der Waals surface area contributed by atoms with Crippen LogP contribution in [-0.4, -0.2) is 16.8 Å². The SMILES string of the molecule is CCCCCCCCCN1NC(c2ccccc2C)=C(C)N1N. The molecule has 0 bridgehead atoms. The molecule has 2 rings (SSSR count). The molecular weight excluding hydrogens is 284 g/mol. The van der Waals surface area contributed by atoms with Crippen LogP contribution in [-0.2, 0) is 0 Å². The summed E-state index contributed by atoms with van der Waals surface area (Å²) in [5.74, 6) is 6.22. The van der Waals surface area contributed by atoms with E-state index in [-0.39, 0.29) is 0 Å². The summed E-state index contributed by atoms with van der Waals surface area (Å²) in [6, 6.07) is 8.42. The lowest BCUT2D eigenvalue weighted by Crippen LogP contribution is -2.47. The summed E-state index contributed by atoms with van der Waals surface area (Å²) < 4.78 is 0. The minimum absolute atomic E-state index is 0.941. The second-order valence-electron chi connectivity index (χ2n) is 6.48. The van der Waals surface area contributed by atoms with Gasteiger partial charge in [-0.25, -0.2) is 11.0 Å². The van der Waals surface area contributed by atoms with Crippen molar-refractivity contribution >= 4 is 5.70 Å². The number of hydrogen-bond acceptors (Lipinski definition) is 4. The van der Waals surface area contributed by atoms with E-state index in [1.54, 1.807) is 5.12 Å². The maximum Gasteiger partial charge on any atom is 0.0803 e. The van der Waals surface area contributed by atoms with Gasteiger partial charge in [-0.2, -0.15) is 0 Å². The van der Waals surface area contributed by atoms with Gasteiger partial charge in [-0.3, -0.25) is 5.43 Å². The molecule has 4 heteroatoms.